The maximum absolute atomic E-state index is 11.4. The summed E-state index contributed by atoms with van der Waals surface area (Å²) in [5.41, 5.74) is 0.591. The Balaban J connectivity index is 0.000000454. The molecule has 108 valence electrons. The van der Waals surface area contributed by atoms with Crippen LogP contribution in [-0.2, 0) is 21.9 Å². The van der Waals surface area contributed by atoms with Crippen LogP contribution >= 0.6 is 0 Å². The smallest absolute Gasteiger partial charge is 0.306 e. The molecule has 0 saturated carbocycles. The number of aliphatic carboxylic acids is 1. The molecule has 2 rings (SSSR count). The molecular formula is C15H16FeO3-6. The van der Waals surface area contributed by atoms with E-state index in [-0.39, 0.29) is 29.3 Å². The third-order valence-corrected chi connectivity index (χ3v) is 2.45. The summed E-state index contributed by atoms with van der Waals surface area (Å²) in [6.07, 6.45) is 0.0688. The Morgan fingerprint density at radius 2 is 1.53 bits per heavy atom. The molecular weight excluding hydrogens is 284 g/mol. The number of carbonyl (C=O) groups is 2. The van der Waals surface area contributed by atoms with Crippen LogP contribution in [0.15, 0.2) is 54.6 Å². The Hall–Kier alpha value is -1.64. The minimum Gasteiger partial charge on any atom is -0.748 e. The van der Waals surface area contributed by atoms with Crippen molar-refractivity contribution in [1.29, 1.82) is 0 Å². The van der Waals surface area contributed by atoms with Gasteiger partial charge >= 0.3 is 5.97 Å². The molecule has 2 aromatic rings. The van der Waals surface area contributed by atoms with Crippen LogP contribution < -0.4 is 0 Å². The summed E-state index contributed by atoms with van der Waals surface area (Å²) in [5, 5.41) is 8.58. The third-order valence-electron chi connectivity index (χ3n) is 2.45. The van der Waals surface area contributed by atoms with Gasteiger partial charge in [0, 0.05) is 23.5 Å². The number of carbonyl (C=O) groups excluding carboxylic acids is 1. The fraction of sp³-hybridized carbons (Fsp3) is 0.200. The van der Waals surface area contributed by atoms with Crippen molar-refractivity contribution >= 4 is 11.8 Å². The van der Waals surface area contributed by atoms with Crippen LogP contribution in [0.5, 0.6) is 0 Å². The van der Waals surface area contributed by atoms with Crippen molar-refractivity contribution in [1.82, 2.24) is 0 Å². The van der Waals surface area contributed by atoms with Gasteiger partial charge in [-0.3, -0.25) is 4.79 Å². The molecule has 1 unspecified atom stereocenters. The van der Waals surface area contributed by atoms with E-state index in [0.717, 1.165) is 0 Å². The van der Waals surface area contributed by atoms with Crippen LogP contribution in [0.4, 0.5) is 0 Å². The van der Waals surface area contributed by atoms with E-state index in [9.17, 15) is 9.59 Å². The number of hydrogen-bond acceptors (Lipinski definition) is 2. The van der Waals surface area contributed by atoms with E-state index < -0.39 is 11.9 Å². The number of ketones is 1. The zero-order valence-electron chi connectivity index (χ0n) is 10.6. The topological polar surface area (TPSA) is 54.4 Å². The Morgan fingerprint density at radius 3 is 1.89 bits per heavy atom. The maximum Gasteiger partial charge on any atom is 0.306 e. The average molecular weight is 300 g/mol. The number of carboxylic acid groups (broad SMARTS) is 1. The van der Waals surface area contributed by atoms with E-state index in [1.54, 1.807) is 24.3 Å². The van der Waals surface area contributed by atoms with Gasteiger partial charge in [0.2, 0.25) is 0 Å². The molecule has 0 radical (unpaired) electrons. The molecule has 0 aliphatic rings. The summed E-state index contributed by atoms with van der Waals surface area (Å²) in [7, 11) is 0. The van der Waals surface area contributed by atoms with E-state index in [2.05, 4.69) is 0 Å². The van der Waals surface area contributed by atoms with Crippen molar-refractivity contribution in [3.8, 4) is 0 Å². The van der Waals surface area contributed by atoms with Crippen molar-refractivity contribution in [3.63, 3.8) is 0 Å². The molecule has 0 amide bonds. The second-order valence-electron chi connectivity index (χ2n) is 4.00. The first-order chi connectivity index (χ1) is 8.61. The zero-order valence-corrected chi connectivity index (χ0v) is 11.7. The van der Waals surface area contributed by atoms with Crippen LogP contribution in [0.25, 0.3) is 0 Å². The SMILES string of the molecule is CC(CC(=O)[c-]1cccc1)C(=O)O.[Fe].[cH-]1[cH-][cH-][cH-][cH-]1. The molecule has 2 aromatic carbocycles. The third kappa shape index (κ3) is 6.75. The van der Waals surface area contributed by atoms with E-state index in [1.165, 1.54) is 6.92 Å². The van der Waals surface area contributed by atoms with Gasteiger partial charge in [-0.2, -0.15) is 12.1 Å². The fourth-order valence-electron chi connectivity index (χ4n) is 1.36. The first-order valence-electron chi connectivity index (χ1n) is 5.75. The second kappa shape index (κ2) is 9.31. The molecule has 0 aliphatic heterocycles. The summed E-state index contributed by atoms with van der Waals surface area (Å²) in [6, 6.07) is 16.9. The van der Waals surface area contributed by atoms with Crippen LogP contribution in [0.2, 0.25) is 0 Å². The molecule has 0 bridgehead atoms. The number of hydrogen-bond donors (Lipinski definition) is 1. The van der Waals surface area contributed by atoms with Crippen LogP contribution in [-0.4, -0.2) is 16.9 Å². The minimum atomic E-state index is -0.931. The van der Waals surface area contributed by atoms with Crippen molar-refractivity contribution < 1.29 is 31.8 Å². The van der Waals surface area contributed by atoms with Gasteiger partial charge in [-0.25, -0.2) is 12.1 Å². The van der Waals surface area contributed by atoms with Gasteiger partial charge in [0.1, 0.15) is 5.78 Å². The van der Waals surface area contributed by atoms with Gasteiger partial charge < -0.3 is 40.2 Å². The monoisotopic (exact) mass is 300 g/mol. The van der Waals surface area contributed by atoms with Crippen molar-refractivity contribution in [2.24, 2.45) is 5.92 Å². The largest absolute Gasteiger partial charge is 0.748 e. The first kappa shape index (κ1) is 17.4. The fourth-order valence-corrected chi connectivity index (χ4v) is 1.36. The first-order valence-corrected chi connectivity index (χ1v) is 5.75. The number of carboxylic acids is 1. The molecule has 3 nitrogen and oxygen atoms in total. The number of rotatable bonds is 4. The van der Waals surface area contributed by atoms with E-state index >= 15 is 0 Å². The molecule has 19 heavy (non-hydrogen) atoms. The van der Waals surface area contributed by atoms with Gasteiger partial charge in [-0.05, 0) is 0 Å². The quantitative estimate of drug-likeness (QED) is 0.536. The Bertz CT molecular complexity index is 440. The van der Waals surface area contributed by atoms with Gasteiger partial charge in [0.15, 0.2) is 0 Å². The predicted octanol–water partition coefficient (Wildman–Crippen LogP) is 3.10. The Morgan fingerprint density at radius 1 is 1.11 bits per heavy atom. The number of Topliss-reactive ketones (excluding diaryl/α,β-unsaturated/α-hetero) is 1. The Kier molecular flexibility index (Phi) is 8.51. The molecule has 0 aromatic heterocycles. The molecule has 0 heterocycles. The summed E-state index contributed by atoms with van der Waals surface area (Å²) in [6.45, 7) is 1.53. The zero-order chi connectivity index (χ0) is 13.4. The molecule has 4 heteroatoms. The summed E-state index contributed by atoms with van der Waals surface area (Å²) in [5.74, 6) is -1.65. The van der Waals surface area contributed by atoms with Crippen LogP contribution in [0.1, 0.15) is 23.7 Å². The van der Waals surface area contributed by atoms with Crippen molar-refractivity contribution in [2.75, 3.05) is 0 Å². The van der Waals surface area contributed by atoms with Gasteiger partial charge in [0.05, 0.1) is 5.92 Å². The van der Waals surface area contributed by atoms with Gasteiger partial charge in [-0.1, -0.05) is 12.5 Å². The van der Waals surface area contributed by atoms with Crippen molar-refractivity contribution in [3.05, 3.63) is 60.2 Å². The van der Waals surface area contributed by atoms with E-state index in [4.69, 9.17) is 5.11 Å². The summed E-state index contributed by atoms with van der Waals surface area (Å²) >= 11 is 0. The normalized spacial score (nSPS) is 10.6. The predicted molar refractivity (Wildman–Crippen MR) is 69.8 cm³/mol. The molecule has 0 fully saturated rings. The maximum atomic E-state index is 11.4. The molecule has 1 atom stereocenters. The summed E-state index contributed by atoms with van der Waals surface area (Å²) < 4.78 is 0. The second-order valence-corrected chi connectivity index (χ2v) is 4.00. The van der Waals surface area contributed by atoms with Gasteiger partial charge in [-0.15, -0.1) is 0 Å². The minimum absolute atomic E-state index is 0. The van der Waals surface area contributed by atoms with E-state index in [0.29, 0.717) is 5.56 Å². The Labute approximate surface area is 123 Å². The van der Waals surface area contributed by atoms with E-state index in [1.807, 2.05) is 30.3 Å². The molecule has 1 N–H and O–H groups in total. The molecule has 0 aliphatic carbocycles. The van der Waals surface area contributed by atoms with Crippen molar-refractivity contribution in [2.45, 2.75) is 13.3 Å². The molecule has 0 spiro atoms. The standard InChI is InChI=1S/C10H11O3.C5H5.Fe/c1-7(10(12)13)6-9(11)8-4-2-3-5-8;1-2-4-5-3-1;/h2-5,7H,6H2,1H3,(H,12,13);1-5H;/q-1;-5;. The van der Waals surface area contributed by atoms with Crippen LogP contribution in [0, 0.1) is 5.92 Å². The van der Waals surface area contributed by atoms with Crippen LogP contribution in [0.3, 0.4) is 0 Å². The average Bonchev–Trinajstić information content (AvgIpc) is 3.05. The van der Waals surface area contributed by atoms with Gasteiger partial charge in [0.25, 0.3) is 0 Å². The summed E-state index contributed by atoms with van der Waals surface area (Å²) in [4.78, 5) is 21.8. The molecule has 0 saturated heterocycles.